The molecule has 1 aromatic rings. The molecular formula is C20H28ClN3O3. The molecule has 0 aliphatic carbocycles. The second kappa shape index (κ2) is 8.93. The molecule has 2 saturated heterocycles. The van der Waals surface area contributed by atoms with Crippen LogP contribution in [0.5, 0.6) is 5.75 Å². The van der Waals surface area contributed by atoms with Gasteiger partial charge in [0.2, 0.25) is 5.91 Å². The molecule has 3 rings (SSSR count). The minimum Gasteiger partial charge on any atom is -0.489 e. The molecule has 0 radical (unpaired) electrons. The summed E-state index contributed by atoms with van der Waals surface area (Å²) in [7, 11) is 0. The molecule has 148 valence electrons. The van der Waals surface area contributed by atoms with Gasteiger partial charge in [0.05, 0.1) is 11.6 Å². The fourth-order valence-corrected chi connectivity index (χ4v) is 3.86. The molecule has 0 spiro atoms. The lowest BCUT2D eigenvalue weighted by atomic mass is 10.1. The van der Waals surface area contributed by atoms with E-state index in [1.165, 1.54) is 6.42 Å². The number of amides is 2. The van der Waals surface area contributed by atoms with Crippen LogP contribution in [0.25, 0.3) is 0 Å². The SMILES string of the molecule is C[C@@H](N)C(=O)N1CCC(Oc2cc(Cl)ccc2C(=O)N2CCCCC2)CC1. The Morgan fingerprint density at radius 3 is 2.41 bits per heavy atom. The highest BCUT2D eigenvalue weighted by molar-refractivity contribution is 6.30. The molecule has 2 amide bonds. The van der Waals surface area contributed by atoms with E-state index in [2.05, 4.69) is 0 Å². The Labute approximate surface area is 165 Å². The van der Waals surface area contributed by atoms with Crippen molar-refractivity contribution in [2.45, 2.75) is 51.2 Å². The van der Waals surface area contributed by atoms with Crippen molar-refractivity contribution in [3.63, 3.8) is 0 Å². The number of hydrogen-bond donors (Lipinski definition) is 1. The topological polar surface area (TPSA) is 75.9 Å². The number of carbonyl (C=O) groups excluding carboxylic acids is 2. The second-order valence-electron chi connectivity index (χ2n) is 7.42. The first kappa shape index (κ1) is 20.0. The van der Waals surface area contributed by atoms with E-state index in [1.807, 2.05) is 4.90 Å². The van der Waals surface area contributed by atoms with Crippen molar-refractivity contribution < 1.29 is 14.3 Å². The van der Waals surface area contributed by atoms with Gasteiger partial charge in [-0.25, -0.2) is 0 Å². The number of halogens is 1. The maximum Gasteiger partial charge on any atom is 0.257 e. The van der Waals surface area contributed by atoms with Crippen LogP contribution in [0.3, 0.4) is 0 Å². The first-order valence-corrected chi connectivity index (χ1v) is 10.1. The zero-order valence-electron chi connectivity index (χ0n) is 15.8. The van der Waals surface area contributed by atoms with Crippen LogP contribution in [0.15, 0.2) is 18.2 Å². The standard InChI is InChI=1S/C20H28ClN3O3/c1-14(22)19(25)24-11-7-16(8-12-24)27-18-13-15(21)5-6-17(18)20(26)23-9-3-2-4-10-23/h5-6,13-14,16H,2-4,7-12,22H2,1H3/t14-/m1/s1. The number of rotatable bonds is 4. The summed E-state index contributed by atoms with van der Waals surface area (Å²) < 4.78 is 6.17. The van der Waals surface area contributed by atoms with Gasteiger partial charge in [-0.1, -0.05) is 11.6 Å². The highest BCUT2D eigenvalue weighted by atomic mass is 35.5. The molecule has 2 fully saturated rings. The number of likely N-dealkylation sites (tertiary alicyclic amines) is 2. The van der Waals surface area contributed by atoms with Crippen LogP contribution in [0, 0.1) is 0 Å². The van der Waals surface area contributed by atoms with Gasteiger partial charge in [-0.05, 0) is 44.4 Å². The molecular weight excluding hydrogens is 366 g/mol. The van der Waals surface area contributed by atoms with Crippen molar-refractivity contribution in [2.24, 2.45) is 5.73 Å². The Morgan fingerprint density at radius 1 is 1.11 bits per heavy atom. The van der Waals surface area contributed by atoms with E-state index in [4.69, 9.17) is 22.1 Å². The van der Waals surface area contributed by atoms with E-state index >= 15 is 0 Å². The molecule has 2 aliphatic heterocycles. The zero-order chi connectivity index (χ0) is 19.4. The summed E-state index contributed by atoms with van der Waals surface area (Å²) in [4.78, 5) is 28.6. The van der Waals surface area contributed by atoms with Crippen LogP contribution in [0.1, 0.15) is 49.4 Å². The predicted octanol–water partition coefficient (Wildman–Crippen LogP) is 2.68. The van der Waals surface area contributed by atoms with E-state index in [0.29, 0.717) is 42.3 Å². The number of carbonyl (C=O) groups is 2. The lowest BCUT2D eigenvalue weighted by Gasteiger charge is -2.33. The maximum absolute atomic E-state index is 12.9. The van der Waals surface area contributed by atoms with Crippen molar-refractivity contribution in [1.82, 2.24) is 9.80 Å². The van der Waals surface area contributed by atoms with Gasteiger partial charge < -0.3 is 20.3 Å². The van der Waals surface area contributed by atoms with Gasteiger partial charge in [0.1, 0.15) is 11.9 Å². The molecule has 2 heterocycles. The van der Waals surface area contributed by atoms with Crippen molar-refractivity contribution in [3.8, 4) is 5.75 Å². The monoisotopic (exact) mass is 393 g/mol. The van der Waals surface area contributed by atoms with E-state index in [-0.39, 0.29) is 17.9 Å². The number of nitrogens with zero attached hydrogens (tertiary/aromatic N) is 2. The third-order valence-electron chi connectivity index (χ3n) is 5.25. The average Bonchev–Trinajstić information content (AvgIpc) is 2.68. The van der Waals surface area contributed by atoms with Crippen LogP contribution in [-0.4, -0.2) is 59.9 Å². The lowest BCUT2D eigenvalue weighted by molar-refractivity contribution is -0.133. The highest BCUT2D eigenvalue weighted by Gasteiger charge is 2.27. The van der Waals surface area contributed by atoms with Gasteiger partial charge in [-0.2, -0.15) is 0 Å². The average molecular weight is 394 g/mol. The van der Waals surface area contributed by atoms with Crippen LogP contribution in [0.2, 0.25) is 5.02 Å². The summed E-state index contributed by atoms with van der Waals surface area (Å²) >= 11 is 6.15. The minimum atomic E-state index is -0.482. The molecule has 1 atom stereocenters. The van der Waals surface area contributed by atoms with Gasteiger partial charge >= 0.3 is 0 Å². The molecule has 2 N–H and O–H groups in total. The number of hydrogen-bond acceptors (Lipinski definition) is 4. The summed E-state index contributed by atoms with van der Waals surface area (Å²) in [5.74, 6) is 0.512. The van der Waals surface area contributed by atoms with Gasteiger partial charge in [0.25, 0.3) is 5.91 Å². The number of nitrogens with two attached hydrogens (primary N) is 1. The van der Waals surface area contributed by atoms with Gasteiger partial charge in [-0.15, -0.1) is 0 Å². The molecule has 0 bridgehead atoms. The van der Waals surface area contributed by atoms with Crippen LogP contribution < -0.4 is 10.5 Å². The third kappa shape index (κ3) is 4.93. The van der Waals surface area contributed by atoms with Crippen LogP contribution >= 0.6 is 11.6 Å². The maximum atomic E-state index is 12.9. The summed E-state index contributed by atoms with van der Waals surface area (Å²) in [5.41, 5.74) is 6.25. The fraction of sp³-hybridized carbons (Fsp3) is 0.600. The molecule has 7 heteroatoms. The quantitative estimate of drug-likeness (QED) is 0.853. The highest BCUT2D eigenvalue weighted by Crippen LogP contribution is 2.28. The smallest absolute Gasteiger partial charge is 0.257 e. The molecule has 0 unspecified atom stereocenters. The Bertz CT molecular complexity index is 681. The van der Waals surface area contributed by atoms with Crippen molar-refractivity contribution in [1.29, 1.82) is 0 Å². The lowest BCUT2D eigenvalue weighted by Crippen LogP contribution is -2.47. The largest absolute Gasteiger partial charge is 0.489 e. The first-order valence-electron chi connectivity index (χ1n) is 9.75. The Morgan fingerprint density at radius 2 is 1.78 bits per heavy atom. The Kier molecular flexibility index (Phi) is 6.60. The zero-order valence-corrected chi connectivity index (χ0v) is 16.6. The molecule has 27 heavy (non-hydrogen) atoms. The Hall–Kier alpha value is -1.79. The first-order chi connectivity index (χ1) is 13.0. The predicted molar refractivity (Wildman–Crippen MR) is 105 cm³/mol. The molecule has 0 saturated carbocycles. The van der Waals surface area contributed by atoms with Gasteiger partial charge in [-0.3, -0.25) is 9.59 Å². The number of ether oxygens (including phenoxy) is 1. The summed E-state index contributed by atoms with van der Waals surface area (Å²) in [6, 6.07) is 4.72. The number of piperidine rings is 2. The van der Waals surface area contributed by atoms with E-state index in [1.54, 1.807) is 30.0 Å². The fourth-order valence-electron chi connectivity index (χ4n) is 3.70. The summed E-state index contributed by atoms with van der Waals surface area (Å²) in [6.45, 7) is 4.51. The minimum absolute atomic E-state index is 0.00550. The van der Waals surface area contributed by atoms with Crippen LogP contribution in [0.4, 0.5) is 0 Å². The molecule has 1 aromatic carbocycles. The summed E-state index contributed by atoms with van der Waals surface area (Å²) in [6.07, 6.45) is 4.63. The molecule has 2 aliphatic rings. The van der Waals surface area contributed by atoms with Gasteiger partial charge in [0, 0.05) is 44.0 Å². The van der Waals surface area contributed by atoms with E-state index in [9.17, 15) is 9.59 Å². The van der Waals surface area contributed by atoms with E-state index in [0.717, 1.165) is 25.9 Å². The second-order valence-corrected chi connectivity index (χ2v) is 7.86. The molecule has 0 aromatic heterocycles. The van der Waals surface area contributed by atoms with Crippen molar-refractivity contribution in [2.75, 3.05) is 26.2 Å². The van der Waals surface area contributed by atoms with Gasteiger partial charge in [0.15, 0.2) is 0 Å². The molecule has 6 nitrogen and oxygen atoms in total. The van der Waals surface area contributed by atoms with Crippen molar-refractivity contribution in [3.05, 3.63) is 28.8 Å². The third-order valence-corrected chi connectivity index (χ3v) is 5.49. The van der Waals surface area contributed by atoms with E-state index < -0.39 is 6.04 Å². The van der Waals surface area contributed by atoms with Crippen LogP contribution in [-0.2, 0) is 4.79 Å². The normalized spacial score (nSPS) is 19.7. The Balaban J connectivity index is 1.67. The summed E-state index contributed by atoms with van der Waals surface area (Å²) in [5, 5.41) is 0.546. The number of benzene rings is 1. The van der Waals surface area contributed by atoms with Crippen molar-refractivity contribution >= 4 is 23.4 Å².